The van der Waals surface area contributed by atoms with Crippen LogP contribution in [0.15, 0.2) is 18.2 Å². The van der Waals surface area contributed by atoms with Crippen molar-refractivity contribution in [3.8, 4) is 11.5 Å². The molecule has 1 aliphatic rings. The molecule has 0 radical (unpaired) electrons. The zero-order valence-electron chi connectivity index (χ0n) is 9.19. The highest BCUT2D eigenvalue weighted by Gasteiger charge is 2.24. The van der Waals surface area contributed by atoms with E-state index in [4.69, 9.17) is 15.2 Å². The number of hydrogen-bond donors (Lipinski definition) is 1. The smallest absolute Gasteiger partial charge is 0.128 e. The molecule has 0 aromatic heterocycles. The van der Waals surface area contributed by atoms with Gasteiger partial charge in [0.15, 0.2) is 0 Å². The Kier molecular flexibility index (Phi) is 2.82. The van der Waals surface area contributed by atoms with E-state index in [2.05, 4.69) is 6.92 Å². The Hall–Kier alpha value is -1.22. The summed E-state index contributed by atoms with van der Waals surface area (Å²) in [5.74, 6) is 1.69. The summed E-state index contributed by atoms with van der Waals surface area (Å²) in [4.78, 5) is 0. The van der Waals surface area contributed by atoms with Crippen molar-refractivity contribution >= 4 is 0 Å². The third kappa shape index (κ3) is 1.92. The summed E-state index contributed by atoms with van der Waals surface area (Å²) in [6.45, 7) is 2.11. The molecular weight excluding hydrogens is 190 g/mol. The fourth-order valence-corrected chi connectivity index (χ4v) is 1.94. The molecule has 2 N–H and O–H groups in total. The van der Waals surface area contributed by atoms with Crippen LogP contribution in [0.3, 0.4) is 0 Å². The second-order valence-corrected chi connectivity index (χ2v) is 3.89. The monoisotopic (exact) mass is 207 g/mol. The number of nitrogens with two attached hydrogens (primary N) is 1. The average Bonchev–Trinajstić information content (AvgIpc) is 2.28. The molecule has 15 heavy (non-hydrogen) atoms. The van der Waals surface area contributed by atoms with Gasteiger partial charge in [0.25, 0.3) is 0 Å². The largest absolute Gasteiger partial charge is 0.497 e. The Morgan fingerprint density at radius 1 is 1.53 bits per heavy atom. The van der Waals surface area contributed by atoms with Crippen LogP contribution in [-0.4, -0.2) is 13.2 Å². The first-order valence-corrected chi connectivity index (χ1v) is 5.34. The Bertz CT molecular complexity index is 351. The molecule has 1 aliphatic heterocycles. The van der Waals surface area contributed by atoms with Crippen molar-refractivity contribution in [1.29, 1.82) is 0 Å². The minimum absolute atomic E-state index is 0.0876. The molecule has 2 unspecified atom stereocenters. The van der Waals surface area contributed by atoms with Gasteiger partial charge in [0.2, 0.25) is 0 Å². The lowest BCUT2D eigenvalue weighted by Crippen LogP contribution is -2.28. The molecule has 1 aromatic carbocycles. The van der Waals surface area contributed by atoms with Crippen LogP contribution in [0.5, 0.6) is 11.5 Å². The molecule has 3 heteroatoms. The number of rotatable bonds is 2. The number of ether oxygens (including phenoxy) is 2. The zero-order chi connectivity index (χ0) is 10.8. The third-order valence-electron chi connectivity index (χ3n) is 2.89. The highest BCUT2D eigenvalue weighted by molar-refractivity contribution is 5.43. The zero-order valence-corrected chi connectivity index (χ0v) is 9.19. The topological polar surface area (TPSA) is 44.5 Å². The summed E-state index contributed by atoms with van der Waals surface area (Å²) in [6.07, 6.45) is 2.12. The highest BCUT2D eigenvalue weighted by atomic mass is 16.5. The van der Waals surface area contributed by atoms with E-state index in [1.165, 1.54) is 0 Å². The third-order valence-corrected chi connectivity index (χ3v) is 2.89. The van der Waals surface area contributed by atoms with Gasteiger partial charge in [0.05, 0.1) is 7.11 Å². The van der Waals surface area contributed by atoms with Crippen LogP contribution < -0.4 is 15.2 Å². The first kappa shape index (κ1) is 10.3. The van der Waals surface area contributed by atoms with E-state index in [0.29, 0.717) is 0 Å². The SMILES string of the molecule is CCC1CC(N)c2ccc(OC)cc2O1. The van der Waals surface area contributed by atoms with E-state index in [-0.39, 0.29) is 12.1 Å². The van der Waals surface area contributed by atoms with Gasteiger partial charge in [-0.05, 0) is 12.5 Å². The van der Waals surface area contributed by atoms with Crippen molar-refractivity contribution in [3.63, 3.8) is 0 Å². The van der Waals surface area contributed by atoms with Crippen molar-refractivity contribution in [2.24, 2.45) is 5.73 Å². The van der Waals surface area contributed by atoms with Gasteiger partial charge < -0.3 is 15.2 Å². The molecule has 0 aliphatic carbocycles. The fraction of sp³-hybridized carbons (Fsp3) is 0.500. The summed E-state index contributed by atoms with van der Waals surface area (Å²) in [5, 5.41) is 0. The van der Waals surface area contributed by atoms with Crippen molar-refractivity contribution in [2.75, 3.05) is 7.11 Å². The van der Waals surface area contributed by atoms with Crippen LogP contribution in [0, 0.1) is 0 Å². The van der Waals surface area contributed by atoms with Crippen LogP contribution in [0.2, 0.25) is 0 Å². The summed E-state index contributed by atoms with van der Waals surface area (Å²) in [7, 11) is 1.65. The van der Waals surface area contributed by atoms with Crippen LogP contribution in [0.25, 0.3) is 0 Å². The minimum Gasteiger partial charge on any atom is -0.497 e. The lowest BCUT2D eigenvalue weighted by Gasteiger charge is -2.29. The van der Waals surface area contributed by atoms with Gasteiger partial charge in [0, 0.05) is 24.1 Å². The van der Waals surface area contributed by atoms with Crippen LogP contribution in [-0.2, 0) is 0 Å². The maximum absolute atomic E-state index is 6.08. The maximum atomic E-state index is 6.08. The second-order valence-electron chi connectivity index (χ2n) is 3.89. The second kappa shape index (κ2) is 4.11. The number of benzene rings is 1. The molecule has 0 spiro atoms. The molecule has 3 nitrogen and oxygen atoms in total. The van der Waals surface area contributed by atoms with Gasteiger partial charge in [-0.15, -0.1) is 0 Å². The molecule has 0 amide bonds. The quantitative estimate of drug-likeness (QED) is 0.809. The van der Waals surface area contributed by atoms with Gasteiger partial charge in [0.1, 0.15) is 17.6 Å². The van der Waals surface area contributed by atoms with E-state index < -0.39 is 0 Å². The number of fused-ring (bicyclic) bond motifs is 1. The van der Waals surface area contributed by atoms with Gasteiger partial charge in [-0.25, -0.2) is 0 Å². The fourth-order valence-electron chi connectivity index (χ4n) is 1.94. The molecular formula is C12H17NO2. The standard InChI is InChI=1S/C12H17NO2/c1-3-8-6-11(13)10-5-4-9(14-2)7-12(10)15-8/h4-5,7-8,11H,3,6,13H2,1-2H3. The Morgan fingerprint density at radius 3 is 3.00 bits per heavy atom. The molecule has 2 atom stereocenters. The van der Waals surface area contributed by atoms with E-state index >= 15 is 0 Å². The molecule has 0 bridgehead atoms. The van der Waals surface area contributed by atoms with Crippen molar-refractivity contribution in [1.82, 2.24) is 0 Å². The van der Waals surface area contributed by atoms with Gasteiger partial charge in [-0.2, -0.15) is 0 Å². The minimum atomic E-state index is 0.0876. The van der Waals surface area contributed by atoms with Crippen molar-refractivity contribution in [3.05, 3.63) is 23.8 Å². The summed E-state index contributed by atoms with van der Waals surface area (Å²) >= 11 is 0. The molecule has 0 saturated carbocycles. The van der Waals surface area contributed by atoms with Crippen LogP contribution in [0.4, 0.5) is 0 Å². The predicted octanol–water partition coefficient (Wildman–Crippen LogP) is 2.26. The summed E-state index contributed by atoms with van der Waals surface area (Å²) in [6, 6.07) is 5.92. The Labute approximate surface area is 90.2 Å². The van der Waals surface area contributed by atoms with E-state index in [9.17, 15) is 0 Å². The molecule has 0 fully saturated rings. The predicted molar refractivity (Wildman–Crippen MR) is 59.2 cm³/mol. The van der Waals surface area contributed by atoms with Gasteiger partial charge >= 0.3 is 0 Å². The molecule has 0 saturated heterocycles. The normalized spacial score (nSPS) is 24.2. The number of methoxy groups -OCH3 is 1. The molecule has 1 aromatic rings. The average molecular weight is 207 g/mol. The molecule has 1 heterocycles. The number of hydrogen-bond acceptors (Lipinski definition) is 3. The maximum Gasteiger partial charge on any atom is 0.128 e. The molecule has 82 valence electrons. The van der Waals surface area contributed by atoms with Crippen LogP contribution >= 0.6 is 0 Å². The first-order chi connectivity index (χ1) is 7.24. The van der Waals surface area contributed by atoms with Crippen LogP contribution in [0.1, 0.15) is 31.4 Å². The first-order valence-electron chi connectivity index (χ1n) is 5.34. The highest BCUT2D eigenvalue weighted by Crippen LogP contribution is 2.36. The van der Waals surface area contributed by atoms with E-state index in [0.717, 1.165) is 29.9 Å². The van der Waals surface area contributed by atoms with E-state index in [1.54, 1.807) is 7.11 Å². The summed E-state index contributed by atoms with van der Waals surface area (Å²) < 4.78 is 11.0. The van der Waals surface area contributed by atoms with E-state index in [1.807, 2.05) is 18.2 Å². The molecule has 2 rings (SSSR count). The Morgan fingerprint density at radius 2 is 2.33 bits per heavy atom. The summed E-state index contributed by atoms with van der Waals surface area (Å²) in [5.41, 5.74) is 7.17. The van der Waals surface area contributed by atoms with Gasteiger partial charge in [-0.3, -0.25) is 0 Å². The van der Waals surface area contributed by atoms with Gasteiger partial charge in [-0.1, -0.05) is 13.0 Å². The Balaban J connectivity index is 2.33. The lowest BCUT2D eigenvalue weighted by atomic mass is 9.96. The van der Waals surface area contributed by atoms with Crippen molar-refractivity contribution < 1.29 is 9.47 Å². The lowest BCUT2D eigenvalue weighted by molar-refractivity contribution is 0.154. The van der Waals surface area contributed by atoms with Crippen molar-refractivity contribution in [2.45, 2.75) is 31.9 Å².